The second-order valence-corrected chi connectivity index (χ2v) is 9.15. The van der Waals surface area contributed by atoms with Gasteiger partial charge >= 0.3 is 5.91 Å². The lowest BCUT2D eigenvalue weighted by Crippen LogP contribution is -2.40. The number of rotatable bonds is 5. The van der Waals surface area contributed by atoms with Crippen LogP contribution in [-0.2, 0) is 16.0 Å². The Morgan fingerprint density at radius 1 is 0.917 bits per heavy atom. The van der Waals surface area contributed by atoms with E-state index in [1.54, 1.807) is 54.1 Å². The molecule has 1 aliphatic heterocycles. The molecule has 1 N–H and O–H groups in total. The zero-order valence-electron chi connectivity index (χ0n) is 20.1. The average Bonchev–Trinajstić information content (AvgIpc) is 3.30. The lowest BCUT2D eigenvalue weighted by Gasteiger charge is -2.14. The Bertz CT molecular complexity index is 1610. The van der Waals surface area contributed by atoms with Gasteiger partial charge in [0.15, 0.2) is 12.4 Å². The Morgan fingerprint density at radius 2 is 1.67 bits per heavy atom. The van der Waals surface area contributed by atoms with E-state index in [4.69, 9.17) is 11.6 Å². The molecule has 0 saturated carbocycles. The molecule has 2 amide bonds. The Balaban J connectivity index is 1.76. The molecule has 0 fully saturated rings. The molecule has 2 aromatic heterocycles. The molecule has 0 saturated heterocycles. The van der Waals surface area contributed by atoms with E-state index in [0.29, 0.717) is 22.1 Å². The second kappa shape index (κ2) is 9.09. The van der Waals surface area contributed by atoms with Crippen molar-refractivity contribution in [1.82, 2.24) is 9.78 Å². The summed E-state index contributed by atoms with van der Waals surface area (Å²) in [5.41, 5.74) is 3.31. The number of anilines is 1. The Hall–Kier alpha value is -4.23. The summed E-state index contributed by atoms with van der Waals surface area (Å²) < 4.78 is 2.97. The topological polar surface area (TPSA) is 79.1 Å². The van der Waals surface area contributed by atoms with Gasteiger partial charge in [-0.15, -0.1) is 0 Å². The number of pyridine rings is 1. The van der Waals surface area contributed by atoms with Gasteiger partial charge in [0.25, 0.3) is 17.2 Å². The summed E-state index contributed by atoms with van der Waals surface area (Å²) >= 11 is 6.15. The minimum atomic E-state index is -0.550. The van der Waals surface area contributed by atoms with Crippen molar-refractivity contribution in [1.29, 1.82) is 0 Å². The number of H-pyrrole nitrogens is 1. The van der Waals surface area contributed by atoms with Gasteiger partial charge in [-0.25, -0.2) is 9.58 Å². The van der Waals surface area contributed by atoms with Gasteiger partial charge in [-0.2, -0.15) is 4.57 Å². The first-order chi connectivity index (χ1) is 17.3. The Labute approximate surface area is 212 Å². The maximum absolute atomic E-state index is 13.9. The molecule has 180 valence electrons. The molecule has 8 heteroatoms. The van der Waals surface area contributed by atoms with Crippen LogP contribution >= 0.6 is 11.6 Å². The quantitative estimate of drug-likeness (QED) is 0.330. The lowest BCUT2D eigenvalue weighted by molar-refractivity contribution is -0.577. The maximum Gasteiger partial charge on any atom is 0.331 e. The van der Waals surface area contributed by atoms with Gasteiger partial charge in [-0.3, -0.25) is 19.5 Å². The molecule has 4 aromatic rings. The third kappa shape index (κ3) is 3.87. The van der Waals surface area contributed by atoms with Crippen LogP contribution in [0.5, 0.6) is 0 Å². The number of halogens is 1. The molecule has 5 rings (SSSR count). The molecule has 0 radical (unpaired) electrons. The fourth-order valence-electron chi connectivity index (χ4n) is 4.42. The summed E-state index contributed by atoms with van der Waals surface area (Å²) in [6.07, 6.45) is 4.28. The highest BCUT2D eigenvalue weighted by molar-refractivity contribution is 6.53. The van der Waals surface area contributed by atoms with Crippen molar-refractivity contribution < 1.29 is 14.2 Å². The summed E-state index contributed by atoms with van der Waals surface area (Å²) in [5.74, 6) is -1.04. The van der Waals surface area contributed by atoms with Crippen molar-refractivity contribution in [2.75, 3.05) is 4.90 Å². The van der Waals surface area contributed by atoms with Crippen molar-refractivity contribution in [3.8, 4) is 5.69 Å². The number of aryl methyl sites for hydroxylation is 3. The van der Waals surface area contributed by atoms with E-state index in [1.165, 1.54) is 4.68 Å². The summed E-state index contributed by atoms with van der Waals surface area (Å²) in [6, 6.07) is 17.7. The van der Waals surface area contributed by atoms with Crippen LogP contribution in [0.15, 0.2) is 77.9 Å². The van der Waals surface area contributed by atoms with E-state index in [0.717, 1.165) is 22.4 Å². The first-order valence-electron chi connectivity index (χ1n) is 11.6. The standard InChI is InChI=1S/C28H23ClN4O3/c1-4-19-7-6-14-31(16-19)25-24(26(34)32(28(25)36)21-12-10-17(2)11-13-21)23-18(3)30-33(27(23)35)22-9-5-8-20(29)15-22/h5-16H,4H2,1-3H3/p+1. The van der Waals surface area contributed by atoms with Gasteiger partial charge in [0.1, 0.15) is 5.57 Å². The smallest absolute Gasteiger partial charge is 0.295 e. The fraction of sp³-hybridized carbons (Fsp3) is 0.143. The predicted molar refractivity (Wildman–Crippen MR) is 139 cm³/mol. The van der Waals surface area contributed by atoms with E-state index in [9.17, 15) is 14.4 Å². The minimum absolute atomic E-state index is 0.0540. The van der Waals surface area contributed by atoms with Crippen LogP contribution in [0.25, 0.3) is 17.0 Å². The Morgan fingerprint density at radius 3 is 2.36 bits per heavy atom. The van der Waals surface area contributed by atoms with E-state index < -0.39 is 17.4 Å². The highest BCUT2D eigenvalue weighted by atomic mass is 35.5. The number of hydrogen-bond acceptors (Lipinski definition) is 3. The molecule has 0 aliphatic carbocycles. The molecule has 0 bridgehead atoms. The monoisotopic (exact) mass is 499 g/mol. The Kier molecular flexibility index (Phi) is 5.94. The maximum atomic E-state index is 13.9. The van der Waals surface area contributed by atoms with Crippen LogP contribution in [-0.4, -0.2) is 21.6 Å². The zero-order chi connectivity index (χ0) is 25.6. The van der Waals surface area contributed by atoms with Gasteiger partial charge in [0, 0.05) is 22.3 Å². The first-order valence-corrected chi connectivity index (χ1v) is 12.0. The minimum Gasteiger partial charge on any atom is -0.295 e. The van der Waals surface area contributed by atoms with Gasteiger partial charge in [0.05, 0.1) is 16.9 Å². The SMILES string of the molecule is CCc1ccc[n+](C2=C(c3c(C)[nH]n(-c4cccc(Cl)c4)c3=O)C(=O)N(c3ccc(C)cc3)C2=O)c1. The van der Waals surface area contributed by atoms with Crippen molar-refractivity contribution >= 4 is 40.4 Å². The first kappa shape index (κ1) is 23.5. The highest BCUT2D eigenvalue weighted by Crippen LogP contribution is 2.33. The number of carbonyl (C=O) groups excluding carboxylic acids is 2. The van der Waals surface area contributed by atoms with Crippen molar-refractivity contribution in [2.45, 2.75) is 27.2 Å². The largest absolute Gasteiger partial charge is 0.331 e. The number of hydrogen-bond donors (Lipinski definition) is 1. The van der Waals surface area contributed by atoms with Crippen LogP contribution in [0.4, 0.5) is 5.69 Å². The van der Waals surface area contributed by atoms with Gasteiger partial charge in [-0.05, 0) is 56.7 Å². The van der Waals surface area contributed by atoms with Crippen LogP contribution in [0.3, 0.4) is 0 Å². The highest BCUT2D eigenvalue weighted by Gasteiger charge is 2.48. The molecule has 0 unspecified atom stereocenters. The van der Waals surface area contributed by atoms with Crippen LogP contribution in [0.2, 0.25) is 5.02 Å². The predicted octanol–water partition coefficient (Wildman–Crippen LogP) is 4.23. The number of carbonyl (C=O) groups is 2. The molecule has 36 heavy (non-hydrogen) atoms. The second-order valence-electron chi connectivity index (χ2n) is 8.71. The molecular formula is C28H24ClN4O3+. The third-order valence-electron chi connectivity index (χ3n) is 6.27. The van der Waals surface area contributed by atoms with E-state index in [2.05, 4.69) is 5.10 Å². The summed E-state index contributed by atoms with van der Waals surface area (Å²) in [5, 5.41) is 3.52. The third-order valence-corrected chi connectivity index (χ3v) is 6.50. The van der Waals surface area contributed by atoms with Crippen molar-refractivity contribution in [3.63, 3.8) is 0 Å². The van der Waals surface area contributed by atoms with Crippen molar-refractivity contribution in [3.05, 3.63) is 111 Å². The molecule has 7 nitrogen and oxygen atoms in total. The summed E-state index contributed by atoms with van der Waals surface area (Å²) in [6.45, 7) is 5.65. The molecule has 2 aromatic carbocycles. The van der Waals surface area contributed by atoms with Crippen LogP contribution < -0.4 is 15.0 Å². The number of aromatic nitrogens is 3. The van der Waals surface area contributed by atoms with E-state index in [-0.39, 0.29) is 16.8 Å². The van der Waals surface area contributed by atoms with Crippen LogP contribution in [0.1, 0.15) is 29.3 Å². The van der Waals surface area contributed by atoms with Crippen molar-refractivity contribution in [2.24, 2.45) is 0 Å². The summed E-state index contributed by atoms with van der Waals surface area (Å²) in [4.78, 5) is 42.5. The molecule has 0 spiro atoms. The average molecular weight is 500 g/mol. The number of amides is 2. The van der Waals surface area contributed by atoms with E-state index >= 15 is 0 Å². The van der Waals surface area contributed by atoms with Gasteiger partial charge in [-0.1, -0.05) is 42.3 Å². The molecular weight excluding hydrogens is 476 g/mol. The molecule has 1 aliphatic rings. The number of aromatic amines is 1. The van der Waals surface area contributed by atoms with E-state index in [1.807, 2.05) is 44.3 Å². The van der Waals surface area contributed by atoms with Crippen LogP contribution in [0, 0.1) is 13.8 Å². The number of imide groups is 1. The molecule has 3 heterocycles. The zero-order valence-corrected chi connectivity index (χ0v) is 20.8. The number of benzene rings is 2. The van der Waals surface area contributed by atoms with Gasteiger partial charge in [0.2, 0.25) is 0 Å². The summed E-state index contributed by atoms with van der Waals surface area (Å²) in [7, 11) is 0. The lowest BCUT2D eigenvalue weighted by atomic mass is 10.1. The van der Waals surface area contributed by atoms with Gasteiger partial charge < -0.3 is 0 Å². The molecule has 0 atom stereocenters. The normalized spacial score (nSPS) is 13.7. The number of nitrogens with zero attached hydrogens (tertiary/aromatic N) is 3. The fourth-order valence-corrected chi connectivity index (χ4v) is 4.61. The number of nitrogens with one attached hydrogen (secondary N) is 1.